The molecule has 0 bridgehead atoms. The molecule has 0 aliphatic rings. The Hall–Kier alpha value is -1.86. The number of fused-ring (bicyclic) bond motifs is 1. The normalized spacial score (nSPS) is 11.2. The second kappa shape index (κ2) is 5.19. The Morgan fingerprint density at radius 3 is 3.11 bits per heavy atom. The largest absolute Gasteiger partial charge is 0.452 e. The molecule has 0 aliphatic heterocycles. The number of ether oxygens (including phenoxy) is 1. The van der Waals surface area contributed by atoms with Gasteiger partial charge in [-0.3, -0.25) is 9.20 Å². The van der Waals surface area contributed by atoms with Gasteiger partial charge in [-0.1, -0.05) is 11.6 Å². The van der Waals surface area contributed by atoms with Crippen molar-refractivity contribution in [2.45, 2.75) is 0 Å². The summed E-state index contributed by atoms with van der Waals surface area (Å²) in [4.78, 5) is 26.5. The lowest BCUT2D eigenvalue weighted by Gasteiger charge is -1.96. The summed E-state index contributed by atoms with van der Waals surface area (Å²) in [5.41, 5.74) is 5.42. The van der Waals surface area contributed by atoms with Gasteiger partial charge in [-0.25, -0.2) is 9.78 Å². The molecule has 8 heteroatoms. The van der Waals surface area contributed by atoms with Crippen LogP contribution >= 0.6 is 22.9 Å². The molecule has 2 heterocycles. The number of carbonyl (C=O) groups excluding carboxylic acids is 2. The number of primary amides is 1. The molecule has 2 aromatic rings. The first kappa shape index (κ1) is 12.6. The summed E-state index contributed by atoms with van der Waals surface area (Å²) in [7, 11) is 0. The summed E-state index contributed by atoms with van der Waals surface area (Å²) in [6.45, 7) is -0.447. The number of hydrogen-bond acceptors (Lipinski definition) is 5. The van der Waals surface area contributed by atoms with E-state index in [2.05, 4.69) is 9.72 Å². The van der Waals surface area contributed by atoms with Gasteiger partial charge >= 0.3 is 5.97 Å². The van der Waals surface area contributed by atoms with Crippen molar-refractivity contribution in [2.24, 2.45) is 5.73 Å². The van der Waals surface area contributed by atoms with E-state index in [0.717, 1.165) is 11.0 Å². The van der Waals surface area contributed by atoms with Crippen molar-refractivity contribution in [3.63, 3.8) is 0 Å². The topological polar surface area (TPSA) is 86.7 Å². The minimum atomic E-state index is -0.709. The molecule has 0 atom stereocenters. The average molecular weight is 286 g/mol. The predicted octanol–water partition coefficient (Wildman–Crippen LogP) is 1.09. The molecule has 0 aliphatic carbocycles. The monoisotopic (exact) mass is 285 g/mol. The zero-order chi connectivity index (χ0) is 13.1. The standard InChI is InChI=1S/C10H8ClN3O3S/c11-9-6(14-3-4-18-10(14)13-9)1-2-8(16)17-5-7(12)15/h1-4H,5H2,(H2,12,15)/b2-1-. The highest BCUT2D eigenvalue weighted by Crippen LogP contribution is 2.22. The molecule has 1 amide bonds. The number of esters is 1. The number of rotatable bonds is 4. The van der Waals surface area contributed by atoms with Crippen molar-refractivity contribution in [3.8, 4) is 0 Å². The molecule has 94 valence electrons. The fourth-order valence-electron chi connectivity index (χ4n) is 1.26. The van der Waals surface area contributed by atoms with Gasteiger partial charge in [0.15, 0.2) is 16.7 Å². The maximum absolute atomic E-state index is 11.2. The Labute approximate surface area is 111 Å². The summed E-state index contributed by atoms with van der Waals surface area (Å²) in [6, 6.07) is 0. The van der Waals surface area contributed by atoms with Gasteiger partial charge in [0.2, 0.25) is 0 Å². The lowest BCUT2D eigenvalue weighted by atomic mass is 10.4. The van der Waals surface area contributed by atoms with Crippen LogP contribution in [0.15, 0.2) is 17.7 Å². The summed E-state index contributed by atoms with van der Waals surface area (Å²) in [5, 5.41) is 2.14. The number of imidazole rings is 1. The van der Waals surface area contributed by atoms with E-state index in [1.807, 2.05) is 5.38 Å². The van der Waals surface area contributed by atoms with E-state index in [9.17, 15) is 9.59 Å². The van der Waals surface area contributed by atoms with Gasteiger partial charge in [0.05, 0.1) is 5.69 Å². The molecule has 18 heavy (non-hydrogen) atoms. The third-order valence-corrected chi connectivity index (χ3v) is 3.02. The second-order valence-corrected chi connectivity index (χ2v) is 4.48. The Kier molecular flexibility index (Phi) is 3.63. The van der Waals surface area contributed by atoms with Gasteiger partial charge in [0.25, 0.3) is 5.91 Å². The van der Waals surface area contributed by atoms with Crippen LogP contribution in [0.3, 0.4) is 0 Å². The van der Waals surface area contributed by atoms with E-state index < -0.39 is 18.5 Å². The quantitative estimate of drug-likeness (QED) is 0.673. The van der Waals surface area contributed by atoms with Crippen molar-refractivity contribution < 1.29 is 14.3 Å². The number of carbonyl (C=O) groups is 2. The van der Waals surface area contributed by atoms with E-state index in [1.54, 1.807) is 10.6 Å². The van der Waals surface area contributed by atoms with Crippen LogP contribution < -0.4 is 5.73 Å². The molecule has 0 unspecified atom stereocenters. The van der Waals surface area contributed by atoms with E-state index in [1.165, 1.54) is 17.4 Å². The minimum Gasteiger partial charge on any atom is -0.452 e. The fourth-order valence-corrected chi connectivity index (χ4v) is 2.27. The Bertz CT molecular complexity index is 631. The van der Waals surface area contributed by atoms with Crippen molar-refractivity contribution in [1.29, 1.82) is 0 Å². The van der Waals surface area contributed by atoms with Crippen LogP contribution in [0.1, 0.15) is 5.69 Å². The first-order chi connectivity index (χ1) is 8.58. The third-order valence-electron chi connectivity index (χ3n) is 1.99. The Morgan fingerprint density at radius 2 is 2.39 bits per heavy atom. The van der Waals surface area contributed by atoms with E-state index in [-0.39, 0.29) is 0 Å². The molecule has 2 rings (SSSR count). The number of aromatic nitrogens is 2. The smallest absolute Gasteiger partial charge is 0.331 e. The lowest BCUT2D eigenvalue weighted by molar-refractivity contribution is -0.142. The third kappa shape index (κ3) is 2.69. The fraction of sp³-hybridized carbons (Fsp3) is 0.100. The van der Waals surface area contributed by atoms with Crippen LogP contribution in [0.25, 0.3) is 11.0 Å². The number of halogens is 1. The SMILES string of the molecule is NC(=O)COC(=O)/C=C\c1c(Cl)nc2sccn12. The molecule has 0 radical (unpaired) electrons. The van der Waals surface area contributed by atoms with Crippen molar-refractivity contribution in [3.05, 3.63) is 28.5 Å². The maximum Gasteiger partial charge on any atom is 0.331 e. The molecule has 6 nitrogen and oxygen atoms in total. The first-order valence-corrected chi connectivity index (χ1v) is 6.08. The number of nitrogens with zero attached hydrogens (tertiary/aromatic N) is 2. The van der Waals surface area contributed by atoms with Gasteiger partial charge in [-0.2, -0.15) is 0 Å². The van der Waals surface area contributed by atoms with Crippen LogP contribution in [0.2, 0.25) is 5.15 Å². The molecule has 0 saturated carbocycles. The predicted molar refractivity (Wildman–Crippen MR) is 67.3 cm³/mol. The Morgan fingerprint density at radius 1 is 1.61 bits per heavy atom. The van der Waals surface area contributed by atoms with Crippen molar-refractivity contribution in [1.82, 2.24) is 9.38 Å². The van der Waals surface area contributed by atoms with Crippen LogP contribution in [0.4, 0.5) is 0 Å². The van der Waals surface area contributed by atoms with Gasteiger partial charge in [-0.05, 0) is 6.08 Å². The molecule has 2 aromatic heterocycles. The van der Waals surface area contributed by atoms with Gasteiger partial charge in [-0.15, -0.1) is 11.3 Å². The summed E-state index contributed by atoms with van der Waals surface area (Å²) < 4.78 is 6.31. The van der Waals surface area contributed by atoms with Crippen LogP contribution in [-0.2, 0) is 14.3 Å². The number of amides is 1. The highest BCUT2D eigenvalue weighted by Gasteiger charge is 2.09. The summed E-state index contributed by atoms with van der Waals surface area (Å²) in [5.74, 6) is -1.38. The first-order valence-electron chi connectivity index (χ1n) is 4.82. The molecule has 2 N–H and O–H groups in total. The molecular formula is C10H8ClN3O3S. The number of thiazole rings is 1. The number of nitrogens with two attached hydrogens (primary N) is 1. The van der Waals surface area contributed by atoms with Crippen LogP contribution in [0.5, 0.6) is 0 Å². The highest BCUT2D eigenvalue weighted by atomic mass is 35.5. The van der Waals surface area contributed by atoms with Crippen molar-refractivity contribution >= 4 is 45.9 Å². The van der Waals surface area contributed by atoms with E-state index in [0.29, 0.717) is 10.8 Å². The highest BCUT2D eigenvalue weighted by molar-refractivity contribution is 7.15. The maximum atomic E-state index is 11.2. The van der Waals surface area contributed by atoms with E-state index >= 15 is 0 Å². The van der Waals surface area contributed by atoms with E-state index in [4.69, 9.17) is 17.3 Å². The zero-order valence-corrected chi connectivity index (χ0v) is 10.6. The van der Waals surface area contributed by atoms with Crippen molar-refractivity contribution in [2.75, 3.05) is 6.61 Å². The van der Waals surface area contributed by atoms with Gasteiger partial charge in [0.1, 0.15) is 0 Å². The van der Waals surface area contributed by atoms with Gasteiger partial charge in [0, 0.05) is 17.7 Å². The van der Waals surface area contributed by atoms with Gasteiger partial charge < -0.3 is 10.5 Å². The molecule has 0 saturated heterocycles. The minimum absolute atomic E-state index is 0.292. The molecule has 0 spiro atoms. The Balaban J connectivity index is 2.13. The van der Waals surface area contributed by atoms with Crippen LogP contribution in [-0.4, -0.2) is 27.9 Å². The van der Waals surface area contributed by atoms with Crippen LogP contribution in [0, 0.1) is 0 Å². The lowest BCUT2D eigenvalue weighted by Crippen LogP contribution is -2.19. The average Bonchev–Trinajstić information content (AvgIpc) is 2.84. The molecular weight excluding hydrogens is 278 g/mol. The molecule has 0 aromatic carbocycles. The zero-order valence-electron chi connectivity index (χ0n) is 9.00. The number of hydrogen-bond donors (Lipinski definition) is 1. The summed E-state index contributed by atoms with van der Waals surface area (Å²) >= 11 is 7.34. The molecule has 0 fully saturated rings. The summed E-state index contributed by atoms with van der Waals surface area (Å²) in [6.07, 6.45) is 4.42. The second-order valence-electron chi connectivity index (χ2n) is 3.25.